The van der Waals surface area contributed by atoms with Crippen LogP contribution in [0.15, 0.2) is 48.5 Å². The SMILES string of the molecule is Cc1ccc(-c2c(CC(C)(C)C)c(CC(C)C)nc(C)c2NC(=O)c2cccc(C(N)=O)c2)cc1. The summed E-state index contributed by atoms with van der Waals surface area (Å²) < 4.78 is 0. The van der Waals surface area contributed by atoms with Crippen LogP contribution in [0, 0.1) is 25.2 Å². The smallest absolute Gasteiger partial charge is 0.255 e. The summed E-state index contributed by atoms with van der Waals surface area (Å²) in [6, 6.07) is 14.9. The summed E-state index contributed by atoms with van der Waals surface area (Å²) in [6.07, 6.45) is 1.69. The maximum atomic E-state index is 13.3. The van der Waals surface area contributed by atoms with Gasteiger partial charge in [-0.05, 0) is 67.3 Å². The van der Waals surface area contributed by atoms with Crippen molar-refractivity contribution < 1.29 is 9.59 Å². The number of nitrogens with zero attached hydrogens (tertiary/aromatic N) is 1. The monoisotopic (exact) mass is 471 g/mol. The van der Waals surface area contributed by atoms with Gasteiger partial charge in [0.25, 0.3) is 5.91 Å². The van der Waals surface area contributed by atoms with Gasteiger partial charge in [-0.3, -0.25) is 14.6 Å². The molecule has 3 rings (SSSR count). The van der Waals surface area contributed by atoms with Gasteiger partial charge in [0.2, 0.25) is 5.91 Å². The van der Waals surface area contributed by atoms with Gasteiger partial charge in [-0.15, -0.1) is 0 Å². The number of aryl methyl sites for hydroxylation is 2. The van der Waals surface area contributed by atoms with Crippen LogP contribution in [0.25, 0.3) is 11.1 Å². The largest absolute Gasteiger partial charge is 0.366 e. The Morgan fingerprint density at radius 2 is 1.63 bits per heavy atom. The zero-order valence-corrected chi connectivity index (χ0v) is 22.0. The average molecular weight is 472 g/mol. The molecule has 3 aromatic rings. The Hall–Kier alpha value is -3.47. The summed E-state index contributed by atoms with van der Waals surface area (Å²) in [5.41, 5.74) is 13.1. The second-order valence-electron chi connectivity index (χ2n) is 11.0. The third-order valence-electron chi connectivity index (χ3n) is 5.86. The maximum absolute atomic E-state index is 13.3. The van der Waals surface area contributed by atoms with Crippen molar-refractivity contribution in [1.29, 1.82) is 0 Å². The number of nitrogens with two attached hydrogens (primary N) is 1. The predicted molar refractivity (Wildman–Crippen MR) is 144 cm³/mol. The normalized spacial score (nSPS) is 11.5. The van der Waals surface area contributed by atoms with Crippen LogP contribution in [0.3, 0.4) is 0 Å². The number of aromatic nitrogens is 1. The van der Waals surface area contributed by atoms with Gasteiger partial charge in [0.1, 0.15) is 0 Å². The quantitative estimate of drug-likeness (QED) is 0.412. The van der Waals surface area contributed by atoms with Gasteiger partial charge in [-0.2, -0.15) is 0 Å². The van der Waals surface area contributed by atoms with Crippen LogP contribution < -0.4 is 11.1 Å². The second-order valence-corrected chi connectivity index (χ2v) is 11.0. The zero-order valence-electron chi connectivity index (χ0n) is 22.0. The lowest BCUT2D eigenvalue weighted by molar-refractivity contribution is 0.1000. The van der Waals surface area contributed by atoms with E-state index >= 15 is 0 Å². The van der Waals surface area contributed by atoms with Crippen molar-refractivity contribution in [1.82, 2.24) is 4.98 Å². The topological polar surface area (TPSA) is 85.1 Å². The fraction of sp³-hybridized carbons (Fsp3) is 0.367. The molecule has 3 N–H and O–H groups in total. The number of benzene rings is 2. The first-order valence-electron chi connectivity index (χ1n) is 12.2. The van der Waals surface area contributed by atoms with Crippen LogP contribution in [-0.2, 0) is 12.8 Å². The van der Waals surface area contributed by atoms with E-state index in [0.29, 0.717) is 22.7 Å². The van der Waals surface area contributed by atoms with E-state index in [2.05, 4.69) is 71.1 Å². The van der Waals surface area contributed by atoms with Crippen molar-refractivity contribution in [3.8, 4) is 11.1 Å². The van der Waals surface area contributed by atoms with Gasteiger partial charge >= 0.3 is 0 Å². The van der Waals surface area contributed by atoms with E-state index in [4.69, 9.17) is 10.7 Å². The summed E-state index contributed by atoms with van der Waals surface area (Å²) in [7, 11) is 0. The average Bonchev–Trinajstić information content (AvgIpc) is 2.76. The Labute approximate surface area is 209 Å². The van der Waals surface area contributed by atoms with E-state index < -0.39 is 5.91 Å². The molecular weight excluding hydrogens is 434 g/mol. The molecule has 0 saturated carbocycles. The van der Waals surface area contributed by atoms with Crippen LogP contribution in [0.4, 0.5) is 5.69 Å². The second kappa shape index (κ2) is 10.4. The molecular formula is C30H37N3O2. The van der Waals surface area contributed by atoms with Crippen molar-refractivity contribution in [3.05, 3.63) is 82.2 Å². The van der Waals surface area contributed by atoms with Gasteiger partial charge in [0.15, 0.2) is 0 Å². The number of nitrogens with one attached hydrogen (secondary N) is 1. The third kappa shape index (κ3) is 6.56. The summed E-state index contributed by atoms with van der Waals surface area (Å²) in [6.45, 7) is 15.1. The molecule has 0 saturated heterocycles. The molecule has 0 spiro atoms. The Kier molecular flexibility index (Phi) is 7.79. The summed E-state index contributed by atoms with van der Waals surface area (Å²) in [4.78, 5) is 30.0. The van der Waals surface area contributed by atoms with Crippen LogP contribution in [-0.4, -0.2) is 16.8 Å². The van der Waals surface area contributed by atoms with Crippen molar-refractivity contribution in [3.63, 3.8) is 0 Å². The van der Waals surface area contributed by atoms with Crippen LogP contribution in [0.2, 0.25) is 0 Å². The summed E-state index contributed by atoms with van der Waals surface area (Å²) >= 11 is 0. The highest BCUT2D eigenvalue weighted by Gasteiger charge is 2.25. The molecule has 0 unspecified atom stereocenters. The van der Waals surface area contributed by atoms with Crippen LogP contribution >= 0.6 is 0 Å². The molecule has 5 nitrogen and oxygen atoms in total. The minimum atomic E-state index is -0.566. The van der Waals surface area contributed by atoms with Gasteiger partial charge < -0.3 is 11.1 Å². The highest BCUT2D eigenvalue weighted by atomic mass is 16.2. The molecule has 1 aromatic heterocycles. The highest BCUT2D eigenvalue weighted by molar-refractivity contribution is 6.08. The molecule has 0 aliphatic carbocycles. The molecule has 0 aliphatic rings. The number of rotatable bonds is 7. The molecule has 0 aliphatic heterocycles. The highest BCUT2D eigenvalue weighted by Crippen LogP contribution is 2.39. The number of amides is 2. The first-order chi connectivity index (χ1) is 16.4. The van der Waals surface area contributed by atoms with Crippen LogP contribution in [0.1, 0.15) is 77.8 Å². The minimum absolute atomic E-state index is 0.0270. The number of carbonyl (C=O) groups is 2. The van der Waals surface area contributed by atoms with Gasteiger partial charge in [0, 0.05) is 22.4 Å². The maximum Gasteiger partial charge on any atom is 0.255 e. The van der Waals surface area contributed by atoms with E-state index in [1.165, 1.54) is 17.2 Å². The van der Waals surface area contributed by atoms with Gasteiger partial charge in [-0.1, -0.05) is 70.5 Å². The zero-order chi connectivity index (χ0) is 25.9. The molecule has 0 radical (unpaired) electrons. The number of hydrogen-bond donors (Lipinski definition) is 2. The number of anilines is 1. The van der Waals surface area contributed by atoms with E-state index in [-0.39, 0.29) is 11.3 Å². The van der Waals surface area contributed by atoms with Gasteiger partial charge in [-0.25, -0.2) is 0 Å². The molecule has 2 aromatic carbocycles. The molecule has 0 atom stereocenters. The molecule has 0 fully saturated rings. The Balaban J connectivity index is 2.23. The molecule has 2 amide bonds. The van der Waals surface area contributed by atoms with Crippen molar-refractivity contribution in [2.45, 2.75) is 61.3 Å². The lowest BCUT2D eigenvalue weighted by Gasteiger charge is -2.27. The number of pyridine rings is 1. The molecule has 184 valence electrons. The van der Waals surface area contributed by atoms with Crippen molar-refractivity contribution >= 4 is 17.5 Å². The predicted octanol–water partition coefficient (Wildman–Crippen LogP) is 6.50. The Bertz CT molecular complexity index is 1240. The van der Waals surface area contributed by atoms with E-state index in [1.54, 1.807) is 18.2 Å². The van der Waals surface area contributed by atoms with Crippen LogP contribution in [0.5, 0.6) is 0 Å². The third-order valence-corrected chi connectivity index (χ3v) is 5.86. The first kappa shape index (κ1) is 26.1. The van der Waals surface area contributed by atoms with E-state index in [1.807, 2.05) is 6.92 Å². The molecule has 0 bridgehead atoms. The number of carbonyl (C=O) groups excluding carboxylic acids is 2. The standard InChI is InChI=1S/C30H37N3O2/c1-18(2)15-25-24(17-30(5,6)7)26(21-13-11-19(3)12-14-21)27(20(4)32-25)33-29(35)23-10-8-9-22(16-23)28(31)34/h8-14,16,18H,15,17H2,1-7H3,(H2,31,34)(H,33,35). The minimum Gasteiger partial charge on any atom is -0.366 e. The van der Waals surface area contributed by atoms with Gasteiger partial charge in [0.05, 0.1) is 11.4 Å². The fourth-order valence-electron chi connectivity index (χ4n) is 4.27. The van der Waals surface area contributed by atoms with Crippen molar-refractivity contribution in [2.24, 2.45) is 17.1 Å². The fourth-order valence-corrected chi connectivity index (χ4v) is 4.27. The Morgan fingerprint density at radius 1 is 1.00 bits per heavy atom. The number of primary amides is 1. The van der Waals surface area contributed by atoms with E-state index in [0.717, 1.165) is 35.4 Å². The number of hydrogen-bond acceptors (Lipinski definition) is 3. The molecule has 5 heteroatoms. The molecule has 35 heavy (non-hydrogen) atoms. The summed E-state index contributed by atoms with van der Waals surface area (Å²) in [5, 5.41) is 3.13. The molecule has 1 heterocycles. The Morgan fingerprint density at radius 3 is 2.20 bits per heavy atom. The van der Waals surface area contributed by atoms with Crippen molar-refractivity contribution in [2.75, 3.05) is 5.32 Å². The van der Waals surface area contributed by atoms with E-state index in [9.17, 15) is 9.59 Å². The first-order valence-corrected chi connectivity index (χ1v) is 12.2. The lowest BCUT2D eigenvalue weighted by atomic mass is 9.82. The lowest BCUT2D eigenvalue weighted by Crippen LogP contribution is -2.20. The summed E-state index contributed by atoms with van der Waals surface area (Å²) in [5.74, 6) is -0.420.